The van der Waals surface area contributed by atoms with Gasteiger partial charge in [0.05, 0.1) is 0 Å². The predicted octanol–water partition coefficient (Wildman–Crippen LogP) is 6.10. The number of allylic oxidation sites excluding steroid dienone is 7. The van der Waals surface area contributed by atoms with E-state index in [9.17, 15) is 0 Å². The fourth-order valence-corrected chi connectivity index (χ4v) is 3.72. The van der Waals surface area contributed by atoms with Crippen molar-refractivity contribution in [3.8, 4) is 5.75 Å². The van der Waals surface area contributed by atoms with Gasteiger partial charge >= 0.3 is 64.9 Å². The van der Waals surface area contributed by atoms with Gasteiger partial charge in [-0.05, 0) is 38.5 Å². The van der Waals surface area contributed by atoms with Crippen molar-refractivity contribution in [3.63, 3.8) is 0 Å². The Bertz CT molecular complexity index is 642. The second kappa shape index (κ2) is 12.0. The zero-order chi connectivity index (χ0) is 17.8. The summed E-state index contributed by atoms with van der Waals surface area (Å²) in [6.45, 7) is 11.3. The van der Waals surface area contributed by atoms with E-state index in [-0.39, 0.29) is 18.7 Å². The van der Waals surface area contributed by atoms with Gasteiger partial charge in [-0.1, -0.05) is 35.9 Å². The monoisotopic (exact) mass is 357 g/mol. The molecular formula is C22H29OTi. The SMILES string of the molecule is CC=C(C)C=C(C)COc1ccccc1.C[C](C)=[Ti][C]1=CC=CC1. The summed E-state index contributed by atoms with van der Waals surface area (Å²) in [7, 11) is 0. The molecule has 24 heavy (non-hydrogen) atoms. The van der Waals surface area contributed by atoms with E-state index in [2.05, 4.69) is 58.1 Å². The van der Waals surface area contributed by atoms with Crippen LogP contribution < -0.4 is 4.74 Å². The van der Waals surface area contributed by atoms with Crippen molar-refractivity contribution >= 4 is 3.81 Å². The molecule has 127 valence electrons. The number of para-hydroxylation sites is 1. The molecule has 0 atom stereocenters. The Morgan fingerprint density at radius 2 is 1.83 bits per heavy atom. The molecule has 0 amide bonds. The Morgan fingerprint density at radius 1 is 1.12 bits per heavy atom. The summed E-state index contributed by atoms with van der Waals surface area (Å²) in [6, 6.07) is 9.88. The number of rotatable bonds is 5. The molecule has 0 saturated carbocycles. The Labute approximate surface area is 156 Å². The molecule has 1 aliphatic rings. The third-order valence-corrected chi connectivity index (χ3v) is 5.18. The fourth-order valence-electron chi connectivity index (χ4n) is 2.09. The molecule has 0 unspecified atom stereocenters. The van der Waals surface area contributed by atoms with Crippen molar-refractivity contribution in [1.82, 2.24) is 0 Å². The molecule has 0 N–H and O–H groups in total. The van der Waals surface area contributed by atoms with Crippen molar-refractivity contribution in [3.05, 3.63) is 75.7 Å². The summed E-state index contributed by atoms with van der Waals surface area (Å²) in [4.78, 5) is 0. The van der Waals surface area contributed by atoms with E-state index in [1.165, 1.54) is 17.6 Å². The first-order valence-corrected chi connectivity index (χ1v) is 9.98. The van der Waals surface area contributed by atoms with Crippen LogP contribution in [0, 0.1) is 0 Å². The van der Waals surface area contributed by atoms with Crippen LogP contribution in [0.5, 0.6) is 5.75 Å². The van der Waals surface area contributed by atoms with Gasteiger partial charge in [0.1, 0.15) is 12.4 Å². The minimum absolute atomic E-state index is 0.153. The molecule has 0 spiro atoms. The van der Waals surface area contributed by atoms with E-state index in [0.717, 1.165) is 5.75 Å². The molecule has 0 aromatic heterocycles. The van der Waals surface area contributed by atoms with Crippen LogP contribution in [0.2, 0.25) is 0 Å². The Balaban J connectivity index is 0.000000272. The summed E-state index contributed by atoms with van der Waals surface area (Å²) in [5.41, 5.74) is 2.50. The molecule has 2 heteroatoms. The first kappa shape index (κ1) is 20.6. The predicted molar refractivity (Wildman–Crippen MR) is 103 cm³/mol. The van der Waals surface area contributed by atoms with Crippen molar-refractivity contribution in [2.75, 3.05) is 6.61 Å². The van der Waals surface area contributed by atoms with E-state index < -0.39 is 0 Å². The topological polar surface area (TPSA) is 9.23 Å². The van der Waals surface area contributed by atoms with Crippen molar-refractivity contribution < 1.29 is 23.4 Å². The number of hydrogen-bond acceptors (Lipinski definition) is 1. The Kier molecular flexibility index (Phi) is 10.3. The molecule has 0 fully saturated rings. The third kappa shape index (κ3) is 9.65. The maximum atomic E-state index is 5.62. The van der Waals surface area contributed by atoms with Crippen LogP contribution in [-0.2, 0) is 18.7 Å². The molecule has 2 rings (SSSR count). The van der Waals surface area contributed by atoms with E-state index in [0.29, 0.717) is 6.61 Å². The van der Waals surface area contributed by atoms with Crippen LogP contribution in [0.4, 0.5) is 0 Å². The molecular weight excluding hydrogens is 328 g/mol. The molecule has 0 heterocycles. The van der Waals surface area contributed by atoms with Gasteiger partial charge in [-0.2, -0.15) is 0 Å². The molecule has 1 aliphatic carbocycles. The standard InChI is InChI=1S/C14H18O.C5H5.C3H6.Ti/c1-4-12(2)10-13(3)11-15-14-8-6-5-7-9-14;1-2-4-5-3-1;1-3-2;/h4-10H,11H2,1-3H3;1-3H,4H2;1-2H3;. The molecule has 1 nitrogen and oxygen atoms in total. The fraction of sp³-hybridized carbons (Fsp3) is 0.318. The van der Waals surface area contributed by atoms with Crippen LogP contribution >= 0.6 is 0 Å². The van der Waals surface area contributed by atoms with E-state index in [4.69, 9.17) is 4.74 Å². The van der Waals surface area contributed by atoms with Gasteiger partial charge in [-0.25, -0.2) is 0 Å². The number of ether oxygens (including phenoxy) is 1. The van der Waals surface area contributed by atoms with Crippen molar-refractivity contribution in [2.24, 2.45) is 0 Å². The molecule has 0 bridgehead atoms. The quantitative estimate of drug-likeness (QED) is 0.457. The van der Waals surface area contributed by atoms with Gasteiger partial charge in [-0.3, -0.25) is 0 Å². The first-order valence-electron chi connectivity index (χ1n) is 8.42. The van der Waals surface area contributed by atoms with Crippen molar-refractivity contribution in [2.45, 2.75) is 41.0 Å². The first-order chi connectivity index (χ1) is 11.5. The molecule has 0 radical (unpaired) electrons. The van der Waals surface area contributed by atoms with Gasteiger partial charge in [0, 0.05) is 0 Å². The normalized spacial score (nSPS) is 13.6. The summed E-state index contributed by atoms with van der Waals surface area (Å²) < 4.78 is 8.92. The van der Waals surface area contributed by atoms with Crippen LogP contribution in [0.25, 0.3) is 0 Å². The van der Waals surface area contributed by atoms with Crippen LogP contribution in [0.15, 0.2) is 75.7 Å². The minimum atomic E-state index is 0.153. The van der Waals surface area contributed by atoms with E-state index >= 15 is 0 Å². The summed E-state index contributed by atoms with van der Waals surface area (Å²) in [6.07, 6.45) is 12.1. The average Bonchev–Trinajstić information content (AvgIpc) is 3.06. The molecule has 0 aliphatic heterocycles. The summed E-state index contributed by atoms with van der Waals surface area (Å²) in [5.74, 6) is 0.920. The third-order valence-electron chi connectivity index (χ3n) is 3.32. The number of hydrogen-bond donors (Lipinski definition) is 0. The zero-order valence-corrected chi connectivity index (χ0v) is 17.2. The van der Waals surface area contributed by atoms with Crippen molar-refractivity contribution in [1.29, 1.82) is 0 Å². The van der Waals surface area contributed by atoms with Crippen LogP contribution in [0.1, 0.15) is 41.0 Å². The molecule has 0 saturated heterocycles. The average molecular weight is 357 g/mol. The van der Waals surface area contributed by atoms with Crippen LogP contribution in [-0.4, -0.2) is 10.4 Å². The van der Waals surface area contributed by atoms with Gasteiger partial charge in [0.25, 0.3) is 0 Å². The molecule has 1 aromatic rings. The zero-order valence-electron chi connectivity index (χ0n) is 15.6. The second-order valence-electron chi connectivity index (χ2n) is 6.07. The number of benzene rings is 1. The molecule has 1 aromatic carbocycles. The second-order valence-corrected chi connectivity index (χ2v) is 9.03. The summed E-state index contributed by atoms with van der Waals surface area (Å²) >= 11 is 0.153. The van der Waals surface area contributed by atoms with Gasteiger partial charge in [0.15, 0.2) is 0 Å². The van der Waals surface area contributed by atoms with Gasteiger partial charge < -0.3 is 4.74 Å². The summed E-state index contributed by atoms with van der Waals surface area (Å²) in [5, 5.41) is 0. The maximum absolute atomic E-state index is 5.62. The van der Waals surface area contributed by atoms with Crippen LogP contribution in [0.3, 0.4) is 0 Å². The van der Waals surface area contributed by atoms with Gasteiger partial charge in [-0.15, -0.1) is 0 Å². The van der Waals surface area contributed by atoms with Gasteiger partial charge in [0.2, 0.25) is 0 Å². The Morgan fingerprint density at radius 3 is 2.38 bits per heavy atom. The van der Waals surface area contributed by atoms with E-state index in [1.807, 2.05) is 37.3 Å². The van der Waals surface area contributed by atoms with E-state index in [1.54, 1.807) is 7.69 Å². The Hall–Kier alpha value is -1.44.